The summed E-state index contributed by atoms with van der Waals surface area (Å²) in [5, 5.41) is 27.7. The molecule has 0 amide bonds. The fourth-order valence-electron chi connectivity index (χ4n) is 19.6. The maximum atomic E-state index is 5.64. The number of benzene rings is 5. The Hall–Kier alpha value is -15.9. The minimum absolute atomic E-state index is 0.225. The molecule has 0 aliphatic carbocycles. The number of ether oxygens (including phenoxy) is 5. The average molecular weight is 1900 g/mol. The zero-order valence-corrected chi connectivity index (χ0v) is 81.8. The zero-order chi connectivity index (χ0) is 97.2. The van der Waals surface area contributed by atoms with Crippen LogP contribution in [0.3, 0.4) is 0 Å². The number of pyridine rings is 1. The molecule has 5 atom stereocenters. The van der Waals surface area contributed by atoms with Crippen LogP contribution in [-0.4, -0.2) is 248 Å². The number of aromatic amines is 5. The molecule has 5 aliphatic rings. The number of morpholine rings is 5. The molecule has 5 saturated heterocycles. The van der Waals surface area contributed by atoms with Gasteiger partial charge in [-0.1, -0.05) is 60.7 Å². The van der Waals surface area contributed by atoms with Crippen LogP contribution in [0, 0.1) is 13.8 Å². The molecule has 0 saturated carbocycles. The number of anilines is 5. The molecule has 5 aliphatic heterocycles. The largest absolute Gasteiger partial charge is 0.377 e. The summed E-state index contributed by atoms with van der Waals surface area (Å²) in [5.41, 5.74) is 26.0. The Balaban J connectivity index is 0.000000105. The first kappa shape index (κ1) is 92.5. The highest BCUT2D eigenvalue weighted by Gasteiger charge is 2.31. The summed E-state index contributed by atoms with van der Waals surface area (Å²) in [7, 11) is 9.72. The number of aryl methyl sites for hydroxylation is 7. The van der Waals surface area contributed by atoms with Crippen LogP contribution in [0.2, 0.25) is 0 Å². The molecule has 0 radical (unpaired) electrons. The van der Waals surface area contributed by atoms with Crippen molar-refractivity contribution in [2.45, 2.75) is 78.7 Å². The van der Waals surface area contributed by atoms with Gasteiger partial charge < -0.3 is 73.1 Å². The summed E-state index contributed by atoms with van der Waals surface area (Å²) in [6.45, 7) is 25.9. The monoisotopic (exact) mass is 1900 g/mol. The van der Waals surface area contributed by atoms with Gasteiger partial charge in [0.2, 0.25) is 11.9 Å². The third kappa shape index (κ3) is 19.2. The molecule has 0 unspecified atom stereocenters. The Kier molecular flexibility index (Phi) is 26.4. The number of rotatable bonds is 15. The zero-order valence-electron chi connectivity index (χ0n) is 81.8. The van der Waals surface area contributed by atoms with Gasteiger partial charge >= 0.3 is 0 Å². The van der Waals surface area contributed by atoms with Crippen LogP contribution in [-0.2, 0) is 58.9 Å². The van der Waals surface area contributed by atoms with E-state index in [1.54, 1.807) is 12.4 Å². The molecule has 15 aromatic heterocycles. The van der Waals surface area contributed by atoms with Gasteiger partial charge in [-0.05, 0) is 164 Å². The first-order valence-corrected chi connectivity index (χ1v) is 48.4. The summed E-state index contributed by atoms with van der Waals surface area (Å²) in [6, 6.07) is 65.6. The van der Waals surface area contributed by atoms with Crippen LogP contribution in [0.5, 0.6) is 0 Å². The van der Waals surface area contributed by atoms with E-state index >= 15 is 0 Å². The number of hydrogen-bond acceptors (Lipinski definition) is 24. The van der Waals surface area contributed by atoms with E-state index < -0.39 is 0 Å². The third-order valence-corrected chi connectivity index (χ3v) is 27.0. The second kappa shape index (κ2) is 40.5. The summed E-state index contributed by atoms with van der Waals surface area (Å²) in [4.78, 5) is 72.5. The maximum absolute atomic E-state index is 5.64. The number of fused-ring (bicyclic) bond motifs is 5. The molecule has 5 N–H and O–H groups in total. The van der Waals surface area contributed by atoms with Crippen molar-refractivity contribution in [3.8, 4) is 113 Å². The number of aromatic nitrogens is 24. The van der Waals surface area contributed by atoms with Crippen molar-refractivity contribution < 1.29 is 23.7 Å². The SMILES string of the molecule is C[C@@H]1COCCN1c1cc(-c2cccc3[nH]ccc23)nc(-c2ccnn2C)c1.C[C@@H]1COCCN1c1cc(-c2ccnn2C)nc(-c2cccc3[nH]ccc23)n1.C[C@@H]1COCCN1c1nc(-c2cccc3[nH]ccc23)cc(-c2ccnn2C)n1.Cc1cc(-c2cc(-c3cccc4[nH]ccc34)nc(N3CCOC[C@H]3C)n2)n(C)n1.Cc1cc(-c2cc(N3CCOC[C@H]3C)nc(-c3cccc4[nH]ccc34)n2)n(C)n1. The van der Waals surface area contributed by atoms with Crippen molar-refractivity contribution in [2.75, 3.05) is 123 Å². The fourth-order valence-corrected chi connectivity index (χ4v) is 19.6. The van der Waals surface area contributed by atoms with Crippen molar-refractivity contribution in [2.24, 2.45) is 35.2 Å². The Morgan fingerprint density at radius 1 is 0.268 bits per heavy atom. The van der Waals surface area contributed by atoms with E-state index in [9.17, 15) is 0 Å². The molecule has 20 aromatic rings. The first-order valence-electron chi connectivity index (χ1n) is 48.4. The van der Waals surface area contributed by atoms with Gasteiger partial charge in [0.1, 0.15) is 11.6 Å². The fraction of sp³-hybridized carbons (Fsp3) is 0.296. The van der Waals surface area contributed by atoms with Gasteiger partial charge in [0.15, 0.2) is 11.6 Å². The van der Waals surface area contributed by atoms with Gasteiger partial charge in [-0.3, -0.25) is 23.4 Å². The lowest BCUT2D eigenvalue weighted by Crippen LogP contribution is -2.44. The molecular weight excluding hydrogens is 1780 g/mol. The topological polar surface area (TPSA) is 346 Å². The van der Waals surface area contributed by atoms with Crippen molar-refractivity contribution in [1.82, 2.24) is 119 Å². The van der Waals surface area contributed by atoms with E-state index in [1.807, 2.05) is 146 Å². The van der Waals surface area contributed by atoms with Crippen LogP contribution >= 0.6 is 0 Å². The lowest BCUT2D eigenvalue weighted by atomic mass is 10.0. The van der Waals surface area contributed by atoms with Crippen molar-refractivity contribution >= 4 is 83.7 Å². The van der Waals surface area contributed by atoms with E-state index in [-0.39, 0.29) is 24.2 Å². The van der Waals surface area contributed by atoms with E-state index in [1.165, 1.54) is 11.1 Å². The maximum Gasteiger partial charge on any atom is 0.226 e. The van der Waals surface area contributed by atoms with Crippen molar-refractivity contribution in [1.29, 1.82) is 0 Å². The molecule has 5 fully saturated rings. The van der Waals surface area contributed by atoms with E-state index in [0.29, 0.717) is 58.9 Å². The van der Waals surface area contributed by atoms with E-state index in [4.69, 9.17) is 68.5 Å². The van der Waals surface area contributed by atoms with E-state index in [0.717, 1.165) is 243 Å². The Morgan fingerprint density at radius 3 is 0.887 bits per heavy atom. The summed E-state index contributed by atoms with van der Waals surface area (Å²) >= 11 is 0. The minimum Gasteiger partial charge on any atom is -0.377 e. The number of hydrogen-bond donors (Lipinski definition) is 5. The third-order valence-electron chi connectivity index (χ3n) is 27.0. The summed E-state index contributed by atoms with van der Waals surface area (Å²) in [5.74, 6) is 4.76. The predicted molar refractivity (Wildman–Crippen MR) is 557 cm³/mol. The first-order chi connectivity index (χ1) is 69.3. The highest BCUT2D eigenvalue weighted by molar-refractivity contribution is 5.99. The minimum atomic E-state index is 0.225. The van der Waals surface area contributed by atoms with Crippen LogP contribution in [0.25, 0.3) is 168 Å². The normalized spacial score (nSPS) is 17.3. The number of nitrogens with zero attached hydrogens (tertiary/aromatic N) is 24. The van der Waals surface area contributed by atoms with Crippen molar-refractivity contribution in [3.63, 3.8) is 0 Å². The molecular formula is C108H115N29O5. The second-order valence-corrected chi connectivity index (χ2v) is 36.8. The predicted octanol–water partition coefficient (Wildman–Crippen LogP) is 17.5. The van der Waals surface area contributed by atoms with Crippen LogP contribution in [0.1, 0.15) is 46.0 Å². The highest BCUT2D eigenvalue weighted by Crippen LogP contribution is 2.40. The Labute approximate surface area is 821 Å². The van der Waals surface area contributed by atoms with Crippen LogP contribution in [0.15, 0.2) is 238 Å². The van der Waals surface area contributed by atoms with Gasteiger partial charge in [-0.2, -0.15) is 25.5 Å². The lowest BCUT2D eigenvalue weighted by Gasteiger charge is -2.35. The van der Waals surface area contributed by atoms with Gasteiger partial charge in [-0.25, -0.2) is 44.9 Å². The number of H-pyrrole nitrogens is 5. The molecule has 25 rings (SSSR count). The van der Waals surface area contributed by atoms with Crippen LogP contribution < -0.4 is 24.5 Å². The van der Waals surface area contributed by atoms with E-state index in [2.05, 4.69) is 261 Å². The highest BCUT2D eigenvalue weighted by atomic mass is 16.5. The molecule has 20 heterocycles. The van der Waals surface area contributed by atoms with Crippen LogP contribution in [0.4, 0.5) is 29.2 Å². The molecule has 142 heavy (non-hydrogen) atoms. The molecule has 5 aromatic carbocycles. The van der Waals surface area contributed by atoms with Gasteiger partial charge in [0.05, 0.1) is 176 Å². The Bertz CT molecular complexity index is 7250. The molecule has 0 bridgehead atoms. The second-order valence-electron chi connectivity index (χ2n) is 36.8. The quantitative estimate of drug-likeness (QED) is 0.0636. The molecule has 722 valence electrons. The van der Waals surface area contributed by atoms with Gasteiger partial charge in [-0.15, -0.1) is 0 Å². The number of nitrogens with one attached hydrogen (secondary N) is 5. The van der Waals surface area contributed by atoms with Gasteiger partial charge in [0, 0.05) is 224 Å². The summed E-state index contributed by atoms with van der Waals surface area (Å²) in [6.07, 6.45) is 15.2. The lowest BCUT2D eigenvalue weighted by molar-refractivity contribution is 0.0980. The summed E-state index contributed by atoms with van der Waals surface area (Å²) < 4.78 is 37.4. The molecule has 34 nitrogen and oxygen atoms in total. The smallest absolute Gasteiger partial charge is 0.226 e. The standard InChI is InChI=1S/2C22H24N6O.C22H23N5O.2C21H22N6O/c1-14-11-20(27(3)26-14)19-12-21(28-9-10-29-13-15(28)2)25-22(24-19)17-5-4-6-18-16(17)7-8-23-18;1-14-11-21(27(3)26-14)20-12-19(16-5-4-6-18-17(16)7-8-23-18)24-22(25-20)28-9-10-29-13-15(28)2;1-15-14-28-11-10-27(15)16-12-20(17-4-3-5-19-18(17)6-8-23-19)25-21(13-16)22-7-9-24-26(22)2;1-14-13-28-11-10-27(14)20-12-18(19-7-9-23-26(19)2)24-21(25-20)16-4-3-5-17-15(16)6-8-22-17;1-14-13-28-11-10-27(14)21-24-18(12-19(25-21)20-7-9-23-26(20)2)15-4-3-5-17-16(15)6-8-22-17/h2*4-8,11-12,15,23H,9-10,13H2,1-3H3;3-9,12-13,15,23H,10-11,14H2,1-2H3;2*3-9,12,14,22H,10-11,13H2,1-2H3/t3*15-;2*14-/m11111/s1. The average Bonchev–Trinajstić information content (AvgIpc) is 1.52. The molecule has 0 spiro atoms. The Morgan fingerprint density at radius 2 is 0.556 bits per heavy atom. The molecule has 34 heteroatoms. The van der Waals surface area contributed by atoms with Crippen molar-refractivity contribution in [3.05, 3.63) is 249 Å². The van der Waals surface area contributed by atoms with Gasteiger partial charge in [0.25, 0.3) is 0 Å².